The number of halogens is 1. The second kappa shape index (κ2) is 4.89. The zero-order valence-corrected chi connectivity index (χ0v) is 9.54. The molecular weight excluding hydrogens is 230 g/mol. The monoisotopic (exact) mass is 243 g/mol. The van der Waals surface area contributed by atoms with E-state index in [1.54, 1.807) is 6.07 Å². The average molecular weight is 244 g/mol. The Kier molecular flexibility index (Phi) is 3.51. The van der Waals surface area contributed by atoms with Crippen molar-refractivity contribution in [2.45, 2.75) is 37.8 Å². The third-order valence-corrected chi connectivity index (χ3v) is 3.19. The van der Waals surface area contributed by atoms with Gasteiger partial charge in [-0.2, -0.15) is 0 Å². The number of rotatable bonds is 2. The van der Waals surface area contributed by atoms with Gasteiger partial charge in [-0.25, -0.2) is 0 Å². The quantitative estimate of drug-likeness (QED) is 0.835. The molecule has 5 heteroatoms. The fourth-order valence-electron chi connectivity index (χ4n) is 1.94. The summed E-state index contributed by atoms with van der Waals surface area (Å²) in [6.45, 7) is 0. The van der Waals surface area contributed by atoms with Crippen molar-refractivity contribution in [3.8, 4) is 0 Å². The number of aliphatic hydroxyl groups is 1. The van der Waals surface area contributed by atoms with Crippen molar-refractivity contribution < 1.29 is 14.3 Å². The summed E-state index contributed by atoms with van der Waals surface area (Å²) >= 11 is 5.71. The van der Waals surface area contributed by atoms with E-state index in [0.29, 0.717) is 5.56 Å². The van der Waals surface area contributed by atoms with Crippen LogP contribution in [0, 0.1) is 0 Å². The molecule has 0 bridgehead atoms. The van der Waals surface area contributed by atoms with Gasteiger partial charge in [0.15, 0.2) is 0 Å². The molecular formula is C11H14ClNO3. The number of amides is 1. The Balaban J connectivity index is 1.91. The lowest BCUT2D eigenvalue weighted by molar-refractivity contribution is 0.0867. The molecule has 0 radical (unpaired) electrons. The molecule has 1 heterocycles. The van der Waals surface area contributed by atoms with Crippen LogP contribution in [-0.2, 0) is 0 Å². The normalized spacial score (nSPS) is 25.4. The highest BCUT2D eigenvalue weighted by atomic mass is 35.5. The van der Waals surface area contributed by atoms with Crippen LogP contribution >= 0.6 is 11.6 Å². The highest BCUT2D eigenvalue weighted by molar-refractivity contribution is 6.32. The Hall–Kier alpha value is -1.00. The first kappa shape index (κ1) is 11.5. The summed E-state index contributed by atoms with van der Waals surface area (Å²) in [5.74, 6) is -0.208. The Bertz CT molecular complexity index is 369. The molecule has 1 aliphatic carbocycles. The lowest BCUT2D eigenvalue weighted by atomic mass is 9.93. The van der Waals surface area contributed by atoms with Gasteiger partial charge in [-0.3, -0.25) is 4.79 Å². The summed E-state index contributed by atoms with van der Waals surface area (Å²) in [7, 11) is 0. The van der Waals surface area contributed by atoms with E-state index in [1.165, 1.54) is 6.26 Å². The van der Waals surface area contributed by atoms with Crippen molar-refractivity contribution in [2.24, 2.45) is 0 Å². The van der Waals surface area contributed by atoms with Gasteiger partial charge < -0.3 is 14.8 Å². The summed E-state index contributed by atoms with van der Waals surface area (Å²) in [4.78, 5) is 11.8. The van der Waals surface area contributed by atoms with Gasteiger partial charge in [0.05, 0.1) is 17.9 Å². The van der Waals surface area contributed by atoms with Gasteiger partial charge in [-0.15, -0.1) is 0 Å². The predicted molar refractivity (Wildman–Crippen MR) is 59.4 cm³/mol. The molecule has 0 aliphatic heterocycles. The Labute approximate surface area is 98.6 Å². The molecule has 0 spiro atoms. The minimum atomic E-state index is -0.217. The number of carbonyl (C=O) groups is 1. The Morgan fingerprint density at radius 3 is 2.69 bits per heavy atom. The summed E-state index contributed by atoms with van der Waals surface area (Å²) in [5.41, 5.74) is 0.368. The summed E-state index contributed by atoms with van der Waals surface area (Å²) in [5, 5.41) is 12.3. The molecule has 1 aromatic heterocycles. The van der Waals surface area contributed by atoms with Gasteiger partial charge in [0.1, 0.15) is 0 Å². The van der Waals surface area contributed by atoms with Crippen LogP contribution in [-0.4, -0.2) is 23.2 Å². The van der Waals surface area contributed by atoms with E-state index in [1.807, 2.05) is 0 Å². The lowest BCUT2D eigenvalue weighted by Gasteiger charge is -2.25. The zero-order chi connectivity index (χ0) is 11.5. The molecule has 0 saturated heterocycles. The van der Waals surface area contributed by atoms with Crippen molar-refractivity contribution in [2.75, 3.05) is 0 Å². The van der Waals surface area contributed by atoms with Gasteiger partial charge in [0, 0.05) is 6.04 Å². The molecule has 4 nitrogen and oxygen atoms in total. The topological polar surface area (TPSA) is 62.5 Å². The third-order valence-electron chi connectivity index (χ3n) is 2.89. The first-order valence-electron chi connectivity index (χ1n) is 5.38. The number of hydrogen-bond acceptors (Lipinski definition) is 3. The Morgan fingerprint density at radius 1 is 1.44 bits per heavy atom. The minimum absolute atomic E-state index is 0.119. The molecule has 1 fully saturated rings. The lowest BCUT2D eigenvalue weighted by Crippen LogP contribution is -2.38. The van der Waals surface area contributed by atoms with Crippen LogP contribution in [0.2, 0.25) is 5.22 Å². The van der Waals surface area contributed by atoms with E-state index in [-0.39, 0.29) is 23.3 Å². The first-order chi connectivity index (χ1) is 7.66. The highest BCUT2D eigenvalue weighted by Gasteiger charge is 2.22. The van der Waals surface area contributed by atoms with Crippen LogP contribution in [0.3, 0.4) is 0 Å². The summed E-state index contributed by atoms with van der Waals surface area (Å²) in [6, 6.07) is 1.68. The highest BCUT2D eigenvalue weighted by Crippen LogP contribution is 2.20. The van der Waals surface area contributed by atoms with Crippen molar-refractivity contribution in [1.29, 1.82) is 0 Å². The van der Waals surface area contributed by atoms with Crippen LogP contribution in [0.4, 0.5) is 0 Å². The molecule has 2 N–H and O–H groups in total. The fraction of sp³-hybridized carbons (Fsp3) is 0.545. The largest absolute Gasteiger partial charge is 0.452 e. The van der Waals surface area contributed by atoms with Gasteiger partial charge >= 0.3 is 0 Å². The smallest absolute Gasteiger partial charge is 0.256 e. The number of hydrogen-bond donors (Lipinski definition) is 2. The molecule has 0 atom stereocenters. The SMILES string of the molecule is O=C(NC1CCC(O)CC1)c1ccoc1Cl. The fourth-order valence-corrected chi connectivity index (χ4v) is 2.14. The van der Waals surface area contributed by atoms with Gasteiger partial charge in [0.25, 0.3) is 5.91 Å². The maximum Gasteiger partial charge on any atom is 0.256 e. The third kappa shape index (κ3) is 2.57. The molecule has 0 unspecified atom stereocenters. The number of nitrogens with one attached hydrogen (secondary N) is 1. The van der Waals surface area contributed by atoms with Crippen LogP contribution in [0.1, 0.15) is 36.0 Å². The molecule has 1 aliphatic rings. The molecule has 1 saturated carbocycles. The van der Waals surface area contributed by atoms with Crippen molar-refractivity contribution in [3.63, 3.8) is 0 Å². The number of carbonyl (C=O) groups excluding carboxylic acids is 1. The van der Waals surface area contributed by atoms with Crippen LogP contribution in [0.15, 0.2) is 16.7 Å². The van der Waals surface area contributed by atoms with E-state index in [4.69, 9.17) is 16.0 Å². The standard InChI is InChI=1S/C11H14ClNO3/c12-10-9(5-6-16-10)11(15)13-7-1-3-8(14)4-2-7/h5-8,14H,1-4H2,(H,13,15). The predicted octanol–water partition coefficient (Wildman–Crippen LogP) is 1.97. The second-order valence-corrected chi connectivity index (χ2v) is 4.43. The van der Waals surface area contributed by atoms with Crippen LogP contribution < -0.4 is 5.32 Å². The molecule has 88 valence electrons. The molecule has 1 aromatic rings. The van der Waals surface area contributed by atoms with Gasteiger partial charge in [-0.1, -0.05) is 0 Å². The van der Waals surface area contributed by atoms with Gasteiger partial charge in [0.2, 0.25) is 5.22 Å². The van der Waals surface area contributed by atoms with Crippen LogP contribution in [0.5, 0.6) is 0 Å². The van der Waals surface area contributed by atoms with E-state index in [2.05, 4.69) is 5.32 Å². The van der Waals surface area contributed by atoms with Crippen molar-refractivity contribution in [3.05, 3.63) is 23.1 Å². The second-order valence-electron chi connectivity index (χ2n) is 4.09. The summed E-state index contributed by atoms with van der Waals surface area (Å²) in [6.07, 6.45) is 4.27. The maximum absolute atomic E-state index is 11.8. The van der Waals surface area contributed by atoms with E-state index in [0.717, 1.165) is 25.7 Å². The number of aliphatic hydroxyl groups excluding tert-OH is 1. The van der Waals surface area contributed by atoms with Crippen molar-refractivity contribution >= 4 is 17.5 Å². The summed E-state index contributed by atoms with van der Waals surface area (Å²) < 4.78 is 4.86. The average Bonchev–Trinajstić information content (AvgIpc) is 2.68. The van der Waals surface area contributed by atoms with Crippen molar-refractivity contribution in [1.82, 2.24) is 5.32 Å². The molecule has 1 amide bonds. The number of furan rings is 1. The van der Waals surface area contributed by atoms with Gasteiger partial charge in [-0.05, 0) is 43.4 Å². The first-order valence-corrected chi connectivity index (χ1v) is 5.76. The maximum atomic E-state index is 11.8. The molecule has 0 aromatic carbocycles. The van der Waals surface area contributed by atoms with E-state index >= 15 is 0 Å². The Morgan fingerprint density at radius 2 is 2.12 bits per heavy atom. The molecule has 2 rings (SSSR count). The zero-order valence-electron chi connectivity index (χ0n) is 8.78. The van der Waals surface area contributed by atoms with Crippen LogP contribution in [0.25, 0.3) is 0 Å². The van der Waals surface area contributed by atoms with E-state index < -0.39 is 0 Å². The molecule has 16 heavy (non-hydrogen) atoms. The van der Waals surface area contributed by atoms with E-state index in [9.17, 15) is 9.90 Å². The minimum Gasteiger partial charge on any atom is -0.452 e.